The van der Waals surface area contributed by atoms with Crippen LogP contribution in [-0.2, 0) is 4.79 Å². The van der Waals surface area contributed by atoms with Crippen molar-refractivity contribution in [3.05, 3.63) is 35.9 Å². The van der Waals surface area contributed by atoms with Gasteiger partial charge in [0.1, 0.15) is 5.38 Å². The second kappa shape index (κ2) is 7.03. The van der Waals surface area contributed by atoms with Crippen LogP contribution in [0.15, 0.2) is 30.3 Å². The van der Waals surface area contributed by atoms with E-state index in [2.05, 4.69) is 6.07 Å². The third-order valence-electron chi connectivity index (χ3n) is 2.72. The normalized spacial score (nSPS) is 13.4. The van der Waals surface area contributed by atoms with Gasteiger partial charge in [0.15, 0.2) is 0 Å². The Morgan fingerprint density at radius 1 is 1.44 bits per heavy atom. The van der Waals surface area contributed by atoms with Crippen LogP contribution in [0.3, 0.4) is 0 Å². The Morgan fingerprint density at radius 2 is 2.06 bits per heavy atom. The third-order valence-corrected chi connectivity index (χ3v) is 3.16. The first-order chi connectivity index (χ1) is 8.60. The van der Waals surface area contributed by atoms with Crippen LogP contribution >= 0.6 is 11.6 Å². The molecule has 1 rings (SSSR count). The van der Waals surface area contributed by atoms with Crippen LogP contribution < -0.4 is 0 Å². The number of carbonyl (C=O) groups is 1. The predicted octanol–water partition coefficient (Wildman–Crippen LogP) is 2.97. The second-order valence-corrected chi connectivity index (χ2v) is 4.62. The van der Waals surface area contributed by atoms with Gasteiger partial charge in [-0.15, -0.1) is 11.6 Å². The Morgan fingerprint density at radius 3 is 2.56 bits per heavy atom. The van der Waals surface area contributed by atoms with Crippen LogP contribution in [0.1, 0.15) is 24.8 Å². The molecule has 0 radical (unpaired) electrons. The van der Waals surface area contributed by atoms with E-state index in [1.165, 1.54) is 0 Å². The molecule has 2 atom stereocenters. The van der Waals surface area contributed by atoms with Crippen LogP contribution in [0.2, 0.25) is 0 Å². The van der Waals surface area contributed by atoms with Crippen molar-refractivity contribution in [2.75, 3.05) is 13.1 Å². The molecule has 0 aliphatic rings. The Hall–Kier alpha value is -1.53. The summed E-state index contributed by atoms with van der Waals surface area (Å²) in [5.41, 5.74) is 0.784. The summed E-state index contributed by atoms with van der Waals surface area (Å²) >= 11 is 6.18. The van der Waals surface area contributed by atoms with E-state index >= 15 is 0 Å². The zero-order chi connectivity index (χ0) is 13.5. The highest BCUT2D eigenvalue weighted by molar-refractivity contribution is 6.30. The van der Waals surface area contributed by atoms with E-state index < -0.39 is 5.38 Å². The number of carbonyl (C=O) groups excluding carboxylic acids is 1. The van der Waals surface area contributed by atoms with Gasteiger partial charge < -0.3 is 4.90 Å². The van der Waals surface area contributed by atoms with Gasteiger partial charge in [0.05, 0.1) is 12.0 Å². The van der Waals surface area contributed by atoms with Gasteiger partial charge in [-0.2, -0.15) is 5.26 Å². The molecule has 1 aromatic carbocycles. The number of benzene rings is 1. The first-order valence-electron chi connectivity index (χ1n) is 5.97. The van der Waals surface area contributed by atoms with E-state index in [0.717, 1.165) is 5.56 Å². The highest BCUT2D eigenvalue weighted by atomic mass is 35.5. The number of halogens is 1. The molecule has 1 amide bonds. The molecule has 4 heteroatoms. The molecule has 3 nitrogen and oxygen atoms in total. The van der Waals surface area contributed by atoms with Crippen molar-refractivity contribution in [3.8, 4) is 6.07 Å². The summed E-state index contributed by atoms with van der Waals surface area (Å²) in [4.78, 5) is 13.8. The lowest BCUT2D eigenvalue weighted by atomic mass is 10.1. The lowest BCUT2D eigenvalue weighted by Crippen LogP contribution is -2.36. The number of hydrogen-bond donors (Lipinski definition) is 0. The van der Waals surface area contributed by atoms with E-state index in [0.29, 0.717) is 13.1 Å². The van der Waals surface area contributed by atoms with Crippen LogP contribution in [0.4, 0.5) is 0 Å². The first kappa shape index (κ1) is 14.5. The van der Waals surface area contributed by atoms with Crippen molar-refractivity contribution in [2.24, 2.45) is 5.92 Å². The Balaban J connectivity index is 2.76. The van der Waals surface area contributed by atoms with Crippen LogP contribution in [0.5, 0.6) is 0 Å². The highest BCUT2D eigenvalue weighted by Gasteiger charge is 2.23. The smallest absolute Gasteiger partial charge is 0.245 e. The molecule has 1 aromatic rings. The molecule has 0 spiro atoms. The fraction of sp³-hybridized carbons (Fsp3) is 0.429. The quantitative estimate of drug-likeness (QED) is 0.768. The van der Waals surface area contributed by atoms with Crippen molar-refractivity contribution in [1.29, 1.82) is 5.26 Å². The fourth-order valence-corrected chi connectivity index (χ4v) is 1.95. The zero-order valence-electron chi connectivity index (χ0n) is 10.6. The minimum Gasteiger partial charge on any atom is -0.340 e. The maximum absolute atomic E-state index is 12.2. The topological polar surface area (TPSA) is 44.1 Å². The van der Waals surface area contributed by atoms with Crippen molar-refractivity contribution < 1.29 is 4.79 Å². The number of nitriles is 1. The molecular weight excluding hydrogens is 248 g/mol. The third kappa shape index (κ3) is 3.75. The average molecular weight is 265 g/mol. The average Bonchev–Trinajstić information content (AvgIpc) is 2.43. The summed E-state index contributed by atoms with van der Waals surface area (Å²) < 4.78 is 0. The standard InChI is InChI=1S/C14H17ClN2O/c1-3-17(10-11(2)9-16)14(18)13(15)12-7-5-4-6-8-12/h4-8,11,13H,3,10H2,1-2H3. The predicted molar refractivity (Wildman–Crippen MR) is 72.1 cm³/mol. The summed E-state index contributed by atoms with van der Waals surface area (Å²) in [6.45, 7) is 4.65. The van der Waals surface area contributed by atoms with E-state index in [1.807, 2.05) is 37.3 Å². The summed E-state index contributed by atoms with van der Waals surface area (Å²) in [6, 6.07) is 11.4. The van der Waals surface area contributed by atoms with Crippen LogP contribution in [0.25, 0.3) is 0 Å². The van der Waals surface area contributed by atoms with E-state index in [1.54, 1.807) is 11.8 Å². The van der Waals surface area contributed by atoms with Crippen molar-refractivity contribution >= 4 is 17.5 Å². The highest BCUT2D eigenvalue weighted by Crippen LogP contribution is 2.23. The number of rotatable bonds is 5. The van der Waals surface area contributed by atoms with Gasteiger partial charge >= 0.3 is 0 Å². The van der Waals surface area contributed by atoms with E-state index in [-0.39, 0.29) is 11.8 Å². The van der Waals surface area contributed by atoms with E-state index in [4.69, 9.17) is 16.9 Å². The van der Waals surface area contributed by atoms with Crippen molar-refractivity contribution in [3.63, 3.8) is 0 Å². The van der Waals surface area contributed by atoms with Gasteiger partial charge in [0.2, 0.25) is 5.91 Å². The number of alkyl halides is 1. The lowest BCUT2D eigenvalue weighted by molar-refractivity contribution is -0.131. The Bertz CT molecular complexity index is 427. The molecule has 96 valence electrons. The molecule has 0 aromatic heterocycles. The maximum atomic E-state index is 12.2. The number of nitrogens with zero attached hydrogens (tertiary/aromatic N) is 2. The Kier molecular flexibility index (Phi) is 5.67. The van der Waals surface area contributed by atoms with E-state index in [9.17, 15) is 4.79 Å². The minimum atomic E-state index is -0.683. The summed E-state index contributed by atoms with van der Waals surface area (Å²) in [6.07, 6.45) is 0. The lowest BCUT2D eigenvalue weighted by Gasteiger charge is -2.24. The van der Waals surface area contributed by atoms with Gasteiger partial charge in [0, 0.05) is 13.1 Å². The maximum Gasteiger partial charge on any atom is 0.245 e. The van der Waals surface area contributed by atoms with Gasteiger partial charge in [-0.1, -0.05) is 30.3 Å². The largest absolute Gasteiger partial charge is 0.340 e. The molecule has 18 heavy (non-hydrogen) atoms. The fourth-order valence-electron chi connectivity index (χ4n) is 1.67. The summed E-state index contributed by atoms with van der Waals surface area (Å²) in [7, 11) is 0. The van der Waals surface area contributed by atoms with Crippen LogP contribution in [0, 0.1) is 17.2 Å². The van der Waals surface area contributed by atoms with Crippen molar-refractivity contribution in [2.45, 2.75) is 19.2 Å². The number of hydrogen-bond acceptors (Lipinski definition) is 2. The van der Waals surface area contributed by atoms with Gasteiger partial charge in [0.25, 0.3) is 0 Å². The molecule has 0 aliphatic heterocycles. The molecule has 0 saturated carbocycles. The summed E-state index contributed by atoms with van der Waals surface area (Å²) in [5.74, 6) is -0.332. The van der Waals surface area contributed by atoms with Gasteiger partial charge in [-0.3, -0.25) is 4.79 Å². The first-order valence-corrected chi connectivity index (χ1v) is 6.41. The molecule has 0 saturated heterocycles. The zero-order valence-corrected chi connectivity index (χ0v) is 11.4. The van der Waals surface area contributed by atoms with Gasteiger partial charge in [-0.05, 0) is 19.4 Å². The molecule has 0 bridgehead atoms. The van der Waals surface area contributed by atoms with Gasteiger partial charge in [-0.25, -0.2) is 0 Å². The molecule has 2 unspecified atom stereocenters. The number of amides is 1. The molecular formula is C14H17ClN2O. The molecule has 0 N–H and O–H groups in total. The molecule has 0 fully saturated rings. The minimum absolute atomic E-state index is 0.146. The summed E-state index contributed by atoms with van der Waals surface area (Å²) in [5, 5.41) is 8.11. The second-order valence-electron chi connectivity index (χ2n) is 4.18. The SMILES string of the molecule is CCN(CC(C)C#N)C(=O)C(Cl)c1ccccc1. The monoisotopic (exact) mass is 264 g/mol. The molecule has 0 aliphatic carbocycles. The Labute approximate surface area is 113 Å². The number of likely N-dealkylation sites (N-methyl/N-ethyl adjacent to an activating group) is 1. The van der Waals surface area contributed by atoms with Crippen molar-refractivity contribution in [1.82, 2.24) is 4.90 Å². The van der Waals surface area contributed by atoms with Crippen LogP contribution in [-0.4, -0.2) is 23.9 Å². The molecule has 0 heterocycles.